The summed E-state index contributed by atoms with van der Waals surface area (Å²) in [5.74, 6) is 1.79. The van der Waals surface area contributed by atoms with Crippen LogP contribution in [-0.4, -0.2) is 0 Å². The van der Waals surface area contributed by atoms with Crippen LogP contribution in [0.2, 0.25) is 0 Å². The first-order valence-corrected chi connectivity index (χ1v) is 30.0. The monoisotopic (exact) mass is 1070 g/mol. The number of nitrogens with zero attached hydrogens (tertiary/aromatic N) is 1. The third-order valence-electron chi connectivity index (χ3n) is 19.0. The number of anilines is 3. The second-order valence-corrected chi connectivity index (χ2v) is 24.9. The molecular formula is C82H67N. The number of rotatable bonds is 11. The van der Waals surface area contributed by atoms with Crippen LogP contribution in [0.5, 0.6) is 0 Å². The predicted octanol–water partition coefficient (Wildman–Crippen LogP) is 22.4. The molecule has 0 aliphatic heterocycles. The quantitative estimate of drug-likeness (QED) is 0.125. The van der Waals surface area contributed by atoms with E-state index >= 15 is 0 Å². The van der Waals surface area contributed by atoms with Gasteiger partial charge < -0.3 is 4.90 Å². The van der Waals surface area contributed by atoms with E-state index in [9.17, 15) is 0 Å². The Morgan fingerprint density at radius 2 is 0.699 bits per heavy atom. The molecule has 0 amide bonds. The van der Waals surface area contributed by atoms with Crippen LogP contribution in [0.1, 0.15) is 92.8 Å². The van der Waals surface area contributed by atoms with Gasteiger partial charge in [-0.05, 0) is 200 Å². The molecule has 1 spiro atoms. The lowest BCUT2D eigenvalue weighted by molar-refractivity contribution is 0.408. The summed E-state index contributed by atoms with van der Waals surface area (Å²) in [5.41, 5.74) is 30.1. The maximum absolute atomic E-state index is 2.54. The van der Waals surface area contributed by atoms with Gasteiger partial charge in [0.05, 0.1) is 5.41 Å². The zero-order chi connectivity index (χ0) is 56.1. The Hall–Kier alpha value is -9.30. The highest BCUT2D eigenvalue weighted by Crippen LogP contribution is 2.64. The lowest BCUT2D eigenvalue weighted by atomic mass is 9.70. The van der Waals surface area contributed by atoms with E-state index in [1.807, 2.05) is 0 Å². The van der Waals surface area contributed by atoms with Gasteiger partial charge in [-0.2, -0.15) is 0 Å². The van der Waals surface area contributed by atoms with Crippen molar-refractivity contribution in [3.05, 3.63) is 306 Å². The fourth-order valence-corrected chi connectivity index (χ4v) is 15.0. The van der Waals surface area contributed by atoms with Crippen LogP contribution in [-0.2, 0) is 10.8 Å². The number of hydrogen-bond donors (Lipinski definition) is 0. The maximum Gasteiger partial charge on any atom is 0.0725 e. The van der Waals surface area contributed by atoms with Gasteiger partial charge in [-0.15, -0.1) is 0 Å². The van der Waals surface area contributed by atoms with Gasteiger partial charge in [0.2, 0.25) is 0 Å². The van der Waals surface area contributed by atoms with Crippen molar-refractivity contribution in [2.24, 2.45) is 11.8 Å². The highest BCUT2D eigenvalue weighted by atomic mass is 15.1. The molecule has 400 valence electrons. The van der Waals surface area contributed by atoms with Crippen molar-refractivity contribution in [3.8, 4) is 77.9 Å². The van der Waals surface area contributed by atoms with Crippen LogP contribution in [0.4, 0.5) is 17.1 Å². The van der Waals surface area contributed by atoms with Gasteiger partial charge in [0, 0.05) is 22.5 Å². The molecule has 3 aliphatic rings. The van der Waals surface area contributed by atoms with Crippen molar-refractivity contribution in [1.29, 1.82) is 0 Å². The van der Waals surface area contributed by atoms with E-state index in [0.29, 0.717) is 17.8 Å². The first kappa shape index (κ1) is 50.6. The first-order valence-electron chi connectivity index (χ1n) is 30.0. The molecule has 0 bridgehead atoms. The Bertz CT molecular complexity index is 4470. The third kappa shape index (κ3) is 8.03. The van der Waals surface area contributed by atoms with Crippen LogP contribution in [0.3, 0.4) is 0 Å². The van der Waals surface area contributed by atoms with E-state index in [4.69, 9.17) is 0 Å². The average Bonchev–Trinajstić information content (AvgIpc) is 1.75. The molecule has 15 rings (SSSR count). The smallest absolute Gasteiger partial charge is 0.0725 e. The largest absolute Gasteiger partial charge is 0.310 e. The summed E-state index contributed by atoms with van der Waals surface area (Å²) in [4.78, 5) is 2.42. The van der Waals surface area contributed by atoms with Crippen molar-refractivity contribution in [3.63, 3.8) is 0 Å². The van der Waals surface area contributed by atoms with E-state index < -0.39 is 5.41 Å². The summed E-state index contributed by atoms with van der Waals surface area (Å²) in [6, 6.07) is 101. The molecule has 2 atom stereocenters. The minimum absolute atomic E-state index is 0.121. The molecule has 0 saturated heterocycles. The van der Waals surface area contributed by atoms with Crippen molar-refractivity contribution in [1.82, 2.24) is 0 Å². The van der Waals surface area contributed by atoms with Crippen molar-refractivity contribution in [2.45, 2.75) is 64.7 Å². The summed E-state index contributed by atoms with van der Waals surface area (Å²) >= 11 is 0. The Balaban J connectivity index is 0.819. The summed E-state index contributed by atoms with van der Waals surface area (Å²) in [7, 11) is 0. The van der Waals surface area contributed by atoms with Crippen LogP contribution in [0, 0.1) is 11.8 Å². The zero-order valence-electron chi connectivity index (χ0n) is 48.3. The summed E-state index contributed by atoms with van der Waals surface area (Å²) in [6.45, 7) is 14.2. The average molecular weight is 1070 g/mol. The van der Waals surface area contributed by atoms with Gasteiger partial charge in [0.1, 0.15) is 0 Å². The molecule has 12 aromatic carbocycles. The van der Waals surface area contributed by atoms with Crippen LogP contribution in [0.25, 0.3) is 88.7 Å². The Morgan fingerprint density at radius 3 is 1.29 bits per heavy atom. The second-order valence-electron chi connectivity index (χ2n) is 24.9. The lowest BCUT2D eigenvalue weighted by Gasteiger charge is -2.31. The van der Waals surface area contributed by atoms with E-state index in [1.54, 1.807) is 0 Å². The Kier molecular flexibility index (Phi) is 12.0. The molecule has 0 heterocycles. The highest BCUT2D eigenvalue weighted by molar-refractivity contribution is 6.06. The number of hydrogen-bond acceptors (Lipinski definition) is 1. The second kappa shape index (κ2) is 19.7. The minimum Gasteiger partial charge on any atom is -0.310 e. The molecule has 0 fully saturated rings. The van der Waals surface area contributed by atoms with Gasteiger partial charge in [-0.1, -0.05) is 260 Å². The summed E-state index contributed by atoms with van der Waals surface area (Å²) < 4.78 is 0. The molecule has 0 aromatic heterocycles. The number of benzene rings is 12. The fourth-order valence-electron chi connectivity index (χ4n) is 15.0. The van der Waals surface area contributed by atoms with E-state index in [2.05, 4.69) is 313 Å². The Morgan fingerprint density at radius 1 is 0.301 bits per heavy atom. The normalized spacial score (nSPS) is 15.2. The zero-order valence-corrected chi connectivity index (χ0v) is 48.3. The van der Waals surface area contributed by atoms with Crippen molar-refractivity contribution >= 4 is 27.8 Å². The molecule has 0 N–H and O–H groups in total. The van der Waals surface area contributed by atoms with Crippen LogP contribution < -0.4 is 4.90 Å². The van der Waals surface area contributed by atoms with Gasteiger partial charge >= 0.3 is 0 Å². The van der Waals surface area contributed by atoms with E-state index in [0.717, 1.165) is 17.1 Å². The minimum atomic E-state index is -0.486. The van der Waals surface area contributed by atoms with Crippen molar-refractivity contribution in [2.75, 3.05) is 4.90 Å². The molecule has 0 radical (unpaired) electrons. The van der Waals surface area contributed by atoms with Crippen LogP contribution in [0.15, 0.2) is 267 Å². The third-order valence-corrected chi connectivity index (χ3v) is 19.0. The molecule has 1 nitrogen and oxygen atoms in total. The molecule has 83 heavy (non-hydrogen) atoms. The van der Waals surface area contributed by atoms with Gasteiger partial charge in [0.15, 0.2) is 0 Å². The lowest BCUT2D eigenvalue weighted by Crippen LogP contribution is -2.26. The fraction of sp³-hybridized carbons (Fsp3) is 0.146. The highest BCUT2D eigenvalue weighted by Gasteiger charge is 2.52. The van der Waals surface area contributed by atoms with Crippen molar-refractivity contribution < 1.29 is 0 Å². The van der Waals surface area contributed by atoms with Gasteiger partial charge in [-0.25, -0.2) is 0 Å². The van der Waals surface area contributed by atoms with Gasteiger partial charge in [-0.3, -0.25) is 0 Å². The first-order chi connectivity index (χ1) is 40.6. The molecule has 1 heteroatoms. The molecule has 2 unspecified atom stereocenters. The van der Waals surface area contributed by atoms with E-state index in [-0.39, 0.29) is 5.41 Å². The van der Waals surface area contributed by atoms with E-state index in [1.165, 1.54) is 134 Å². The number of fused-ring (bicyclic) bond motifs is 14. The summed E-state index contributed by atoms with van der Waals surface area (Å²) in [5, 5.41) is 2.48. The summed E-state index contributed by atoms with van der Waals surface area (Å²) in [6.07, 6.45) is 1.20. The molecule has 3 aliphatic carbocycles. The van der Waals surface area contributed by atoms with Crippen LogP contribution >= 0.6 is 0 Å². The molecule has 12 aromatic rings. The standard InChI is InChI=1S/C82H67N/c1-52(2)48-74(53(3)4)58-30-28-56(29-31-58)59-36-43-72-69-23-13-16-26-76(69)82(79(72)49-59)77-27-17-14-24-70(77)73-44-37-60(50-80(73)82)65-47-46-64(66-20-10-11-21-67(65)66)57-34-40-62(41-35-57)83(61-38-32-55(33-39-61)54-18-8-7-9-19-54)63-42-45-71-68-22-12-15-25-75(68)81(5,6)78(71)51-63/h7-47,49-53,74H,48H2,1-6H3. The molecule has 0 saturated carbocycles. The topological polar surface area (TPSA) is 3.24 Å². The predicted molar refractivity (Wildman–Crippen MR) is 351 cm³/mol. The van der Waals surface area contributed by atoms with Gasteiger partial charge in [0.25, 0.3) is 0 Å². The Labute approximate surface area is 490 Å². The maximum atomic E-state index is 2.54. The molecular weight excluding hydrogens is 999 g/mol. The SMILES string of the molecule is CC(C)CC(c1ccc(-c2ccc3c(c2)C2(c4ccccc4-3)c3ccccc3-c3ccc(-c4ccc(-c5ccc(N(c6ccc(-c7ccccc7)cc6)c6ccc7c(c6)C(C)(C)c6ccccc6-7)cc5)c5ccccc45)cc32)cc1)C(C)C.